The summed E-state index contributed by atoms with van der Waals surface area (Å²) in [4.78, 5) is 31.2. The molecule has 9 nitrogen and oxygen atoms in total. The van der Waals surface area contributed by atoms with E-state index in [0.29, 0.717) is 8.95 Å². The predicted molar refractivity (Wildman–Crippen MR) is 109 cm³/mol. The van der Waals surface area contributed by atoms with Crippen LogP contribution in [0.5, 0.6) is 0 Å². The highest BCUT2D eigenvalue weighted by atomic mass is 79.9. The van der Waals surface area contributed by atoms with Crippen molar-refractivity contribution in [3.8, 4) is 0 Å². The van der Waals surface area contributed by atoms with Gasteiger partial charge in [0.15, 0.2) is 0 Å². The van der Waals surface area contributed by atoms with Gasteiger partial charge in [0.05, 0.1) is 18.6 Å². The summed E-state index contributed by atoms with van der Waals surface area (Å²) in [6, 6.07) is 2.60. The standard InChI is InChI=1S/C10H9BBrFN2O4.C5H4BBrFNO2/c1-15-4-8(16)18-11(19-9(17)5-15)7-2-6(12)3-14-10(7)13;7-3-1-4(6(10)11)5(8)9-2-3/h2-3H,4-5H2,1H3;1-2,10-11H. The highest BCUT2D eigenvalue weighted by molar-refractivity contribution is 9.10. The first-order valence-corrected chi connectivity index (χ1v) is 9.71. The van der Waals surface area contributed by atoms with Gasteiger partial charge in [-0.3, -0.25) is 14.5 Å². The van der Waals surface area contributed by atoms with E-state index in [1.54, 1.807) is 7.05 Å². The molecular formula is C15H13B2Br2F2N3O6. The van der Waals surface area contributed by atoms with Crippen molar-refractivity contribution in [2.24, 2.45) is 0 Å². The Morgan fingerprint density at radius 2 is 1.53 bits per heavy atom. The van der Waals surface area contributed by atoms with Gasteiger partial charge in [-0.25, -0.2) is 9.97 Å². The lowest BCUT2D eigenvalue weighted by Crippen LogP contribution is -2.49. The van der Waals surface area contributed by atoms with Gasteiger partial charge < -0.3 is 19.4 Å². The molecule has 1 fully saturated rings. The molecule has 0 amide bonds. The van der Waals surface area contributed by atoms with E-state index in [-0.39, 0.29) is 24.0 Å². The van der Waals surface area contributed by atoms with Gasteiger partial charge in [-0.2, -0.15) is 8.78 Å². The lowest BCUT2D eigenvalue weighted by molar-refractivity contribution is -0.145. The Morgan fingerprint density at radius 3 is 2.03 bits per heavy atom. The van der Waals surface area contributed by atoms with E-state index in [4.69, 9.17) is 19.4 Å². The highest BCUT2D eigenvalue weighted by Gasteiger charge is 2.36. The van der Waals surface area contributed by atoms with E-state index in [9.17, 15) is 18.4 Å². The molecule has 0 aromatic carbocycles. The van der Waals surface area contributed by atoms with E-state index in [1.807, 2.05) is 0 Å². The van der Waals surface area contributed by atoms with Crippen LogP contribution in [0.3, 0.4) is 0 Å². The van der Waals surface area contributed by atoms with Crippen molar-refractivity contribution in [1.29, 1.82) is 0 Å². The molecule has 3 rings (SSSR count). The van der Waals surface area contributed by atoms with Crippen LogP contribution in [0.1, 0.15) is 0 Å². The molecule has 2 N–H and O–H groups in total. The van der Waals surface area contributed by atoms with Crippen molar-refractivity contribution < 1.29 is 37.7 Å². The smallest absolute Gasteiger partial charge is 0.494 e. The average Bonchev–Trinajstić information content (AvgIpc) is 2.64. The number of nitrogens with zero attached hydrogens (tertiary/aromatic N) is 3. The number of halogens is 4. The molecule has 158 valence electrons. The predicted octanol–water partition coefficient (Wildman–Crippen LogP) is -0.627. The minimum absolute atomic E-state index is 0.0748. The van der Waals surface area contributed by atoms with Crippen LogP contribution in [0, 0.1) is 11.9 Å². The molecule has 0 bridgehead atoms. The molecule has 2 aromatic rings. The number of pyridine rings is 2. The molecule has 0 spiro atoms. The number of aromatic nitrogens is 2. The summed E-state index contributed by atoms with van der Waals surface area (Å²) < 4.78 is 37.0. The number of carbonyl (C=O) groups is 2. The third-order valence-electron chi connectivity index (χ3n) is 3.47. The van der Waals surface area contributed by atoms with Gasteiger partial charge in [0.1, 0.15) is 0 Å². The Balaban J connectivity index is 0.000000248. The Labute approximate surface area is 187 Å². The van der Waals surface area contributed by atoms with Crippen LogP contribution in [-0.2, 0) is 18.9 Å². The Bertz CT molecular complexity index is 923. The minimum atomic E-state index is -1.82. The maximum atomic E-state index is 13.6. The lowest BCUT2D eigenvalue weighted by atomic mass is 9.79. The zero-order chi connectivity index (χ0) is 22.4. The van der Waals surface area contributed by atoms with Gasteiger partial charge in [0.25, 0.3) is 0 Å². The summed E-state index contributed by atoms with van der Waals surface area (Å²) >= 11 is 6.13. The fourth-order valence-corrected chi connectivity index (χ4v) is 2.88. The Morgan fingerprint density at radius 1 is 1.03 bits per heavy atom. The summed E-state index contributed by atoms with van der Waals surface area (Å²) in [6.45, 7) is -0.150. The fourth-order valence-electron chi connectivity index (χ4n) is 2.18. The van der Waals surface area contributed by atoms with E-state index in [1.165, 1.54) is 29.4 Å². The summed E-state index contributed by atoms with van der Waals surface area (Å²) in [6.07, 6.45) is 2.49. The second kappa shape index (κ2) is 10.9. The van der Waals surface area contributed by atoms with Crippen LogP contribution >= 0.6 is 31.9 Å². The summed E-state index contributed by atoms with van der Waals surface area (Å²) in [5, 5.41) is 17.2. The third kappa shape index (κ3) is 7.09. The van der Waals surface area contributed by atoms with Gasteiger partial charge in [0, 0.05) is 26.8 Å². The molecule has 2 aromatic heterocycles. The van der Waals surface area contributed by atoms with Crippen molar-refractivity contribution in [1.82, 2.24) is 14.9 Å². The van der Waals surface area contributed by atoms with Gasteiger partial charge in [-0.1, -0.05) is 0 Å². The Hall–Kier alpha value is -1.93. The maximum absolute atomic E-state index is 13.6. The first-order valence-electron chi connectivity index (χ1n) is 8.12. The van der Waals surface area contributed by atoms with E-state index >= 15 is 0 Å². The molecule has 0 saturated carbocycles. The molecule has 15 heteroatoms. The zero-order valence-electron chi connectivity index (χ0n) is 15.3. The fraction of sp³-hybridized carbons (Fsp3) is 0.200. The van der Waals surface area contributed by atoms with Gasteiger partial charge in [-0.05, 0) is 51.0 Å². The van der Waals surface area contributed by atoms with Crippen LogP contribution in [0.25, 0.3) is 0 Å². The summed E-state index contributed by atoms with van der Waals surface area (Å²) in [7, 11) is -1.66. The van der Waals surface area contributed by atoms with Crippen molar-refractivity contribution in [3.63, 3.8) is 0 Å². The van der Waals surface area contributed by atoms with E-state index < -0.39 is 38.1 Å². The van der Waals surface area contributed by atoms with Crippen molar-refractivity contribution in [3.05, 3.63) is 45.4 Å². The first-order chi connectivity index (χ1) is 14.1. The Kier molecular flexibility index (Phi) is 8.85. The second-order valence-corrected chi connectivity index (χ2v) is 7.76. The number of rotatable bonds is 2. The molecule has 3 heterocycles. The molecule has 1 saturated heterocycles. The van der Waals surface area contributed by atoms with Crippen LogP contribution < -0.4 is 10.9 Å². The minimum Gasteiger partial charge on any atom is -0.494 e. The van der Waals surface area contributed by atoms with Crippen LogP contribution in [0.15, 0.2) is 33.5 Å². The molecule has 30 heavy (non-hydrogen) atoms. The molecule has 0 aliphatic carbocycles. The number of hydrogen-bond donors (Lipinski definition) is 2. The van der Waals surface area contributed by atoms with Gasteiger partial charge in [-0.15, -0.1) is 0 Å². The van der Waals surface area contributed by atoms with Gasteiger partial charge >= 0.3 is 26.2 Å². The van der Waals surface area contributed by atoms with Crippen LogP contribution in [0.2, 0.25) is 0 Å². The zero-order valence-corrected chi connectivity index (χ0v) is 18.4. The number of carbonyl (C=O) groups excluding carboxylic acids is 2. The van der Waals surface area contributed by atoms with Gasteiger partial charge in [0.2, 0.25) is 11.9 Å². The quantitative estimate of drug-likeness (QED) is 0.372. The van der Waals surface area contributed by atoms with E-state index in [0.717, 1.165) is 0 Å². The number of hydrogen-bond acceptors (Lipinski definition) is 9. The average molecular weight is 551 g/mol. The topological polar surface area (TPSA) is 122 Å². The number of likely N-dealkylation sites (N-methyl/N-ethyl adjacent to an activating group) is 1. The normalized spacial score (nSPS) is 14.7. The van der Waals surface area contributed by atoms with Crippen molar-refractivity contribution in [2.75, 3.05) is 20.1 Å². The highest BCUT2D eigenvalue weighted by Crippen LogP contribution is 2.09. The molecule has 0 unspecified atom stereocenters. The maximum Gasteiger partial charge on any atom is 0.641 e. The molecular weight excluding hydrogens is 538 g/mol. The van der Waals surface area contributed by atoms with E-state index in [2.05, 4.69) is 41.8 Å². The summed E-state index contributed by atoms with van der Waals surface area (Å²) in [5.74, 6) is -2.95. The van der Waals surface area contributed by atoms with Crippen LogP contribution in [0.4, 0.5) is 8.78 Å². The SMILES string of the molecule is CN1CC(=O)OB(c2cc(Br)cnc2F)OC(=O)C1.OB(O)c1cc(Br)cnc1F. The molecule has 1 aliphatic heterocycles. The molecule has 0 radical (unpaired) electrons. The largest absolute Gasteiger partial charge is 0.641 e. The van der Waals surface area contributed by atoms with Crippen molar-refractivity contribution >= 4 is 69.0 Å². The lowest BCUT2D eigenvalue weighted by Gasteiger charge is -2.22. The molecule has 1 aliphatic rings. The monoisotopic (exact) mass is 549 g/mol. The summed E-state index contributed by atoms with van der Waals surface area (Å²) in [5.41, 5.74) is -0.347. The third-order valence-corrected chi connectivity index (χ3v) is 4.34. The van der Waals surface area contributed by atoms with Crippen LogP contribution in [-0.4, -0.2) is 71.2 Å². The molecule has 0 atom stereocenters. The second-order valence-electron chi connectivity index (χ2n) is 5.92. The first kappa shape index (κ1) is 24.3. The van der Waals surface area contributed by atoms with Crippen molar-refractivity contribution in [2.45, 2.75) is 0 Å².